The summed E-state index contributed by atoms with van der Waals surface area (Å²) in [6, 6.07) is 0. The Bertz CT molecular complexity index is 854. The maximum Gasteiger partial charge on any atom is 0.326 e. The first-order valence-corrected chi connectivity index (χ1v) is 26.1. The summed E-state index contributed by atoms with van der Waals surface area (Å²) in [5, 5.41) is 3.84. The van der Waals surface area contributed by atoms with E-state index < -0.39 is 7.60 Å². The van der Waals surface area contributed by atoms with E-state index in [1.807, 2.05) is 10.1 Å². The van der Waals surface area contributed by atoms with Gasteiger partial charge in [-0.1, -0.05) is 169 Å². The molecule has 0 fully saturated rings. The Morgan fingerprint density at radius 3 is 0.947 bits per heavy atom. The van der Waals surface area contributed by atoms with Gasteiger partial charge in [0, 0.05) is 45.6 Å². The molecule has 0 aromatic rings. The Morgan fingerprint density at radius 1 is 0.386 bits per heavy atom. The van der Waals surface area contributed by atoms with Gasteiger partial charge in [-0.05, 0) is 64.5 Å². The largest absolute Gasteiger partial charge is 0.368 e. The topological polar surface area (TPSA) is 120 Å². The number of nitrogens with zero attached hydrogens (tertiary/aromatic N) is 3. The van der Waals surface area contributed by atoms with Crippen LogP contribution in [0.2, 0.25) is 0 Å². The average molecular weight is 832 g/mol. The molecule has 0 saturated carbocycles. The van der Waals surface area contributed by atoms with Crippen molar-refractivity contribution in [3.63, 3.8) is 0 Å². The third-order valence-electron chi connectivity index (χ3n) is 10.9. The normalized spacial score (nSPS) is 12.0. The summed E-state index contributed by atoms with van der Waals surface area (Å²) < 4.78 is 11.6. The van der Waals surface area contributed by atoms with Crippen molar-refractivity contribution in [2.24, 2.45) is 0 Å². The Labute approximate surface area is 352 Å². The van der Waals surface area contributed by atoms with Gasteiger partial charge in [0.15, 0.2) is 0 Å². The van der Waals surface area contributed by atoms with Crippen molar-refractivity contribution in [1.29, 1.82) is 0 Å². The quantitative estimate of drug-likeness (QED) is 0.0349. The summed E-state index contributed by atoms with van der Waals surface area (Å²) in [6.07, 6.45) is 34.7. The molecule has 0 aliphatic rings. The third-order valence-corrected chi connectivity index (χ3v) is 11.7. The van der Waals surface area contributed by atoms with Crippen molar-refractivity contribution >= 4 is 19.5 Å². The van der Waals surface area contributed by atoms with Crippen LogP contribution in [0.1, 0.15) is 233 Å². The second-order valence-corrected chi connectivity index (χ2v) is 18.5. The van der Waals surface area contributed by atoms with Crippen LogP contribution in [-0.2, 0) is 23.8 Å². The molecule has 2 N–H and O–H groups in total. The van der Waals surface area contributed by atoms with Gasteiger partial charge in [0.25, 0.3) is 0 Å². The Kier molecular flexibility index (Phi) is 40.9. The Balaban J connectivity index is 4.19. The zero-order valence-electron chi connectivity index (χ0n) is 38.0. The number of rotatable bonds is 45. The van der Waals surface area contributed by atoms with Gasteiger partial charge < -0.3 is 24.4 Å². The van der Waals surface area contributed by atoms with Crippen LogP contribution >= 0.6 is 7.60 Å². The van der Waals surface area contributed by atoms with Crippen LogP contribution < -0.4 is 0 Å². The molecule has 0 saturated heterocycles. The van der Waals surface area contributed by atoms with Crippen LogP contribution in [0.4, 0.5) is 0 Å². The first kappa shape index (κ1) is 56.0. The molecule has 0 radical (unpaired) electrons. The van der Waals surface area contributed by atoms with Crippen molar-refractivity contribution in [2.45, 2.75) is 233 Å². The van der Waals surface area contributed by atoms with E-state index >= 15 is 0 Å². The minimum atomic E-state index is -4.02. The lowest BCUT2D eigenvalue weighted by Crippen LogP contribution is -2.29. The fraction of sp³-hybridized carbons (Fsp3) is 0.957. The summed E-state index contributed by atoms with van der Waals surface area (Å²) >= 11 is 0. The molecule has 0 heterocycles. The zero-order valence-corrected chi connectivity index (χ0v) is 38.9. The number of hydrogen-bond donors (Lipinski definition) is 2. The highest BCUT2D eigenvalue weighted by Crippen LogP contribution is 2.33. The number of carbonyl (C=O) groups is 2. The SMILES string of the molecule is CCCCCCN(CCCCCC)OC(=O)CCCCCCCCCN(CCCCCCCCCC(=O)ON(CCCCCC)CCCCCC)CCP(=O)(O)O. The van der Waals surface area contributed by atoms with Gasteiger partial charge in [-0.3, -0.25) is 14.2 Å². The summed E-state index contributed by atoms with van der Waals surface area (Å²) in [5.74, 6) is -0.178. The molecule has 0 unspecified atom stereocenters. The molecule has 11 heteroatoms. The van der Waals surface area contributed by atoms with Gasteiger partial charge in [0.05, 0.1) is 6.16 Å². The molecular weight excluding hydrogens is 737 g/mol. The lowest BCUT2D eigenvalue weighted by atomic mass is 10.1. The van der Waals surface area contributed by atoms with E-state index in [9.17, 15) is 23.9 Å². The van der Waals surface area contributed by atoms with Crippen LogP contribution in [0.5, 0.6) is 0 Å². The molecule has 0 aromatic carbocycles. The summed E-state index contributed by atoms with van der Waals surface area (Å²) in [4.78, 5) is 57.8. The molecule has 10 nitrogen and oxygen atoms in total. The predicted molar refractivity (Wildman–Crippen MR) is 239 cm³/mol. The van der Waals surface area contributed by atoms with E-state index in [-0.39, 0.29) is 18.1 Å². The van der Waals surface area contributed by atoms with Crippen molar-refractivity contribution in [3.8, 4) is 0 Å². The van der Waals surface area contributed by atoms with E-state index in [4.69, 9.17) is 9.68 Å². The molecule has 0 aliphatic heterocycles. The molecule has 0 amide bonds. The van der Waals surface area contributed by atoms with Gasteiger partial charge in [0.1, 0.15) is 0 Å². The first-order valence-electron chi connectivity index (χ1n) is 24.3. The molecule has 0 rings (SSSR count). The van der Waals surface area contributed by atoms with E-state index in [1.54, 1.807) is 0 Å². The lowest BCUT2D eigenvalue weighted by Gasteiger charge is -2.22. The standard InChI is InChI=1S/C46H94N3O7P/c1-5-9-13-31-39-48(40-32-14-10-6-2)55-45(50)35-27-23-19-17-21-25-29-37-47(43-44-57(52,53)54)38-30-26-22-18-20-24-28-36-46(51)56-49(41-33-15-11-7-3)42-34-16-12-8-4/h5-44H2,1-4H3,(H2,52,53,54). The van der Waals surface area contributed by atoms with Gasteiger partial charge in [-0.2, -0.15) is 0 Å². The van der Waals surface area contributed by atoms with Crippen LogP contribution in [0.15, 0.2) is 0 Å². The zero-order chi connectivity index (χ0) is 42.1. The second-order valence-electron chi connectivity index (χ2n) is 16.7. The predicted octanol–water partition coefficient (Wildman–Crippen LogP) is 12.5. The maximum absolute atomic E-state index is 12.5. The Morgan fingerprint density at radius 2 is 0.649 bits per heavy atom. The fourth-order valence-electron chi connectivity index (χ4n) is 7.23. The molecule has 57 heavy (non-hydrogen) atoms. The van der Waals surface area contributed by atoms with Gasteiger partial charge in [-0.25, -0.2) is 0 Å². The molecule has 0 spiro atoms. The number of hydrogen-bond acceptors (Lipinski definition) is 8. The molecule has 0 aromatic heterocycles. The van der Waals surface area contributed by atoms with Crippen LogP contribution in [0.25, 0.3) is 0 Å². The Hall–Kier alpha value is -1.03. The van der Waals surface area contributed by atoms with E-state index in [2.05, 4.69) is 32.6 Å². The molecule has 0 aliphatic carbocycles. The fourth-order valence-corrected chi connectivity index (χ4v) is 7.77. The molecular formula is C46H94N3O7P. The molecule has 0 atom stereocenters. The highest BCUT2D eigenvalue weighted by molar-refractivity contribution is 7.51. The molecule has 0 bridgehead atoms. The van der Waals surface area contributed by atoms with Crippen LogP contribution in [-0.4, -0.2) is 88.7 Å². The van der Waals surface area contributed by atoms with Gasteiger partial charge >= 0.3 is 19.5 Å². The highest BCUT2D eigenvalue weighted by Gasteiger charge is 2.16. The number of carbonyl (C=O) groups excluding carboxylic acids is 2. The average Bonchev–Trinajstić information content (AvgIpc) is 3.18. The minimum absolute atomic E-state index is 0.0805. The summed E-state index contributed by atoms with van der Waals surface area (Å²) in [5.41, 5.74) is 0. The summed E-state index contributed by atoms with van der Waals surface area (Å²) in [6.45, 7) is 14.4. The smallest absolute Gasteiger partial charge is 0.326 e. The van der Waals surface area contributed by atoms with Crippen LogP contribution in [0.3, 0.4) is 0 Å². The highest BCUT2D eigenvalue weighted by atomic mass is 31.2. The maximum atomic E-state index is 12.5. The van der Waals surface area contributed by atoms with Crippen molar-refractivity contribution in [3.05, 3.63) is 0 Å². The first-order chi connectivity index (χ1) is 27.6. The monoisotopic (exact) mass is 832 g/mol. The van der Waals surface area contributed by atoms with E-state index in [1.165, 1.54) is 77.0 Å². The third kappa shape index (κ3) is 41.5. The number of hydroxylamine groups is 4. The van der Waals surface area contributed by atoms with Gasteiger partial charge in [-0.15, -0.1) is 10.1 Å². The number of unbranched alkanes of at least 4 members (excludes halogenated alkanes) is 24. The second kappa shape index (κ2) is 41.7. The summed E-state index contributed by atoms with van der Waals surface area (Å²) in [7, 11) is -4.02. The van der Waals surface area contributed by atoms with Crippen molar-refractivity contribution < 1.29 is 33.6 Å². The molecule has 340 valence electrons. The van der Waals surface area contributed by atoms with Crippen LogP contribution in [0, 0.1) is 0 Å². The van der Waals surface area contributed by atoms with E-state index in [0.717, 1.165) is 155 Å². The van der Waals surface area contributed by atoms with E-state index in [0.29, 0.717) is 19.4 Å². The van der Waals surface area contributed by atoms with Gasteiger partial charge in [0.2, 0.25) is 0 Å². The lowest BCUT2D eigenvalue weighted by molar-refractivity contribution is -0.192. The van der Waals surface area contributed by atoms with Crippen molar-refractivity contribution in [1.82, 2.24) is 15.0 Å². The van der Waals surface area contributed by atoms with Crippen molar-refractivity contribution in [2.75, 3.05) is 52.0 Å². The minimum Gasteiger partial charge on any atom is -0.368 e.